The van der Waals surface area contributed by atoms with Crippen LogP contribution in [0.3, 0.4) is 0 Å². The van der Waals surface area contributed by atoms with Gasteiger partial charge in [-0.05, 0) is 35.0 Å². The van der Waals surface area contributed by atoms with Crippen molar-refractivity contribution in [1.82, 2.24) is 0 Å². The van der Waals surface area contributed by atoms with E-state index in [1.165, 1.54) is 14.0 Å². The fourth-order valence-corrected chi connectivity index (χ4v) is 2.43. The van der Waals surface area contributed by atoms with Crippen LogP contribution in [0.5, 0.6) is 11.5 Å². The predicted octanol–water partition coefficient (Wildman–Crippen LogP) is 2.43. The maximum atomic E-state index is 11.2. The average Bonchev–Trinajstić information content (AvgIpc) is 2.82. The molecule has 1 aromatic rings. The van der Waals surface area contributed by atoms with Gasteiger partial charge in [-0.15, -0.1) is 0 Å². The van der Waals surface area contributed by atoms with Gasteiger partial charge < -0.3 is 19.4 Å². The van der Waals surface area contributed by atoms with Crippen LogP contribution in [-0.2, 0) is 9.63 Å². The molecular formula is C13H14BrNO5. The summed E-state index contributed by atoms with van der Waals surface area (Å²) >= 11 is 3.42. The molecule has 0 saturated heterocycles. The SMILES string of the molecule is COc1cc(Br)c(C2=NOC(C)(C(=O)O)C2)cc1OC. The van der Waals surface area contributed by atoms with Crippen LogP contribution >= 0.6 is 15.9 Å². The van der Waals surface area contributed by atoms with Crippen molar-refractivity contribution in [3.63, 3.8) is 0 Å². The van der Waals surface area contributed by atoms with Crippen LogP contribution in [-0.4, -0.2) is 36.6 Å². The van der Waals surface area contributed by atoms with Crippen molar-refractivity contribution in [1.29, 1.82) is 0 Å². The minimum atomic E-state index is -1.33. The first-order valence-electron chi connectivity index (χ1n) is 5.81. The van der Waals surface area contributed by atoms with Gasteiger partial charge in [0.15, 0.2) is 11.5 Å². The number of aliphatic carboxylic acids is 1. The first-order chi connectivity index (χ1) is 9.41. The zero-order valence-corrected chi connectivity index (χ0v) is 12.9. The summed E-state index contributed by atoms with van der Waals surface area (Å²) in [5.74, 6) is 0.0637. The van der Waals surface area contributed by atoms with Crippen molar-refractivity contribution in [2.24, 2.45) is 5.16 Å². The first-order valence-corrected chi connectivity index (χ1v) is 6.61. The highest BCUT2D eigenvalue weighted by Crippen LogP contribution is 2.36. The molecule has 0 fully saturated rings. The Hall–Kier alpha value is -1.76. The Kier molecular flexibility index (Phi) is 3.89. The van der Waals surface area contributed by atoms with Gasteiger partial charge in [-0.25, -0.2) is 4.79 Å². The molecule has 0 amide bonds. The standard InChI is InChI=1S/C13H14BrNO5/c1-13(12(16)17)6-9(15-20-13)7-4-10(18-2)11(19-3)5-8(7)14/h4-5H,6H2,1-3H3,(H,16,17). The highest BCUT2D eigenvalue weighted by atomic mass is 79.9. The van der Waals surface area contributed by atoms with Crippen molar-refractivity contribution in [2.45, 2.75) is 18.9 Å². The number of benzene rings is 1. The Labute approximate surface area is 124 Å². The number of carboxylic acid groups (broad SMARTS) is 1. The number of hydrogen-bond acceptors (Lipinski definition) is 5. The number of nitrogens with zero attached hydrogens (tertiary/aromatic N) is 1. The van der Waals surface area contributed by atoms with Gasteiger partial charge in [-0.2, -0.15) is 0 Å². The van der Waals surface area contributed by atoms with E-state index >= 15 is 0 Å². The van der Waals surface area contributed by atoms with E-state index in [1.54, 1.807) is 19.2 Å². The summed E-state index contributed by atoms with van der Waals surface area (Å²) in [6.07, 6.45) is 0.177. The molecule has 1 aliphatic heterocycles. The van der Waals surface area contributed by atoms with Gasteiger partial charge in [0.25, 0.3) is 0 Å². The maximum absolute atomic E-state index is 11.2. The molecule has 1 atom stereocenters. The lowest BCUT2D eigenvalue weighted by Crippen LogP contribution is -2.35. The molecule has 1 N–H and O–H groups in total. The Balaban J connectivity index is 2.38. The second kappa shape index (κ2) is 5.32. The molecule has 1 aromatic carbocycles. The number of methoxy groups -OCH3 is 2. The summed E-state index contributed by atoms with van der Waals surface area (Å²) in [6, 6.07) is 3.48. The van der Waals surface area contributed by atoms with Crippen molar-refractivity contribution in [3.8, 4) is 11.5 Å². The number of ether oxygens (including phenoxy) is 2. The smallest absolute Gasteiger partial charge is 0.351 e. The van der Waals surface area contributed by atoms with Gasteiger partial charge in [-0.1, -0.05) is 5.16 Å². The first kappa shape index (κ1) is 14.6. The van der Waals surface area contributed by atoms with Crippen LogP contribution in [0, 0.1) is 0 Å². The monoisotopic (exact) mass is 343 g/mol. The molecule has 0 saturated carbocycles. The summed E-state index contributed by atoms with van der Waals surface area (Å²) in [5.41, 5.74) is -0.0718. The molecule has 0 radical (unpaired) electrons. The zero-order valence-electron chi connectivity index (χ0n) is 11.3. The molecule has 0 aromatic heterocycles. The van der Waals surface area contributed by atoms with Crippen LogP contribution < -0.4 is 9.47 Å². The Morgan fingerprint density at radius 1 is 1.40 bits per heavy atom. The van der Waals surface area contributed by atoms with Gasteiger partial charge in [-0.3, -0.25) is 0 Å². The lowest BCUT2D eigenvalue weighted by atomic mass is 9.96. The summed E-state index contributed by atoms with van der Waals surface area (Å²) in [7, 11) is 3.07. The van der Waals surface area contributed by atoms with Crippen LogP contribution in [0.4, 0.5) is 0 Å². The topological polar surface area (TPSA) is 77.4 Å². The normalized spacial score (nSPS) is 21.1. The average molecular weight is 344 g/mol. The van der Waals surface area contributed by atoms with Gasteiger partial charge in [0.2, 0.25) is 5.60 Å². The fraction of sp³-hybridized carbons (Fsp3) is 0.385. The fourth-order valence-electron chi connectivity index (χ4n) is 1.87. The molecule has 0 bridgehead atoms. The van der Waals surface area contributed by atoms with E-state index in [0.717, 1.165) is 4.47 Å². The Morgan fingerprint density at radius 2 is 2.00 bits per heavy atom. The number of carbonyl (C=O) groups is 1. The second-order valence-electron chi connectivity index (χ2n) is 4.53. The molecule has 1 heterocycles. The van der Waals surface area contributed by atoms with E-state index in [0.29, 0.717) is 22.8 Å². The van der Waals surface area contributed by atoms with Crippen molar-refractivity contribution in [2.75, 3.05) is 14.2 Å². The van der Waals surface area contributed by atoms with Crippen molar-refractivity contribution in [3.05, 3.63) is 22.2 Å². The van der Waals surface area contributed by atoms with E-state index in [1.807, 2.05) is 0 Å². The molecule has 0 spiro atoms. The van der Waals surface area contributed by atoms with Gasteiger partial charge in [0.05, 0.1) is 19.9 Å². The quantitative estimate of drug-likeness (QED) is 0.908. The molecule has 1 aliphatic rings. The third-order valence-corrected chi connectivity index (χ3v) is 3.75. The van der Waals surface area contributed by atoms with E-state index in [4.69, 9.17) is 19.4 Å². The number of hydrogen-bond donors (Lipinski definition) is 1. The van der Waals surface area contributed by atoms with Crippen LogP contribution in [0.25, 0.3) is 0 Å². The molecular weight excluding hydrogens is 330 g/mol. The summed E-state index contributed by atoms with van der Waals surface area (Å²) in [6.45, 7) is 1.49. The van der Waals surface area contributed by atoms with E-state index < -0.39 is 11.6 Å². The minimum Gasteiger partial charge on any atom is -0.493 e. The third-order valence-electron chi connectivity index (χ3n) is 3.10. The summed E-state index contributed by atoms with van der Waals surface area (Å²) in [5, 5.41) is 13.0. The number of halogens is 1. The molecule has 6 nitrogen and oxygen atoms in total. The molecule has 2 rings (SSSR count). The van der Waals surface area contributed by atoms with E-state index in [-0.39, 0.29) is 6.42 Å². The van der Waals surface area contributed by atoms with Gasteiger partial charge in [0, 0.05) is 16.5 Å². The van der Waals surface area contributed by atoms with Gasteiger partial charge >= 0.3 is 5.97 Å². The van der Waals surface area contributed by atoms with Crippen molar-refractivity contribution >= 4 is 27.6 Å². The number of rotatable bonds is 4. The lowest BCUT2D eigenvalue weighted by Gasteiger charge is -2.15. The lowest BCUT2D eigenvalue weighted by molar-refractivity contribution is -0.160. The minimum absolute atomic E-state index is 0.177. The van der Waals surface area contributed by atoms with E-state index in [2.05, 4.69) is 21.1 Å². The largest absolute Gasteiger partial charge is 0.493 e. The molecule has 0 aliphatic carbocycles. The number of oxime groups is 1. The Bertz CT molecular complexity index is 586. The Morgan fingerprint density at radius 3 is 2.50 bits per heavy atom. The van der Waals surface area contributed by atoms with Crippen LogP contribution in [0.15, 0.2) is 21.8 Å². The highest BCUT2D eigenvalue weighted by molar-refractivity contribution is 9.10. The summed E-state index contributed by atoms with van der Waals surface area (Å²) < 4.78 is 11.2. The zero-order chi connectivity index (χ0) is 14.9. The van der Waals surface area contributed by atoms with Crippen LogP contribution in [0.2, 0.25) is 0 Å². The highest BCUT2D eigenvalue weighted by Gasteiger charge is 2.42. The molecule has 20 heavy (non-hydrogen) atoms. The van der Waals surface area contributed by atoms with Gasteiger partial charge in [0.1, 0.15) is 0 Å². The summed E-state index contributed by atoms with van der Waals surface area (Å²) in [4.78, 5) is 16.2. The molecule has 1 unspecified atom stereocenters. The molecule has 7 heteroatoms. The molecule has 108 valence electrons. The third kappa shape index (κ3) is 2.45. The van der Waals surface area contributed by atoms with Crippen molar-refractivity contribution < 1.29 is 24.2 Å². The maximum Gasteiger partial charge on any atom is 0.351 e. The van der Waals surface area contributed by atoms with E-state index in [9.17, 15) is 4.79 Å². The predicted molar refractivity (Wildman–Crippen MR) is 75.5 cm³/mol. The number of carboxylic acids is 1. The second-order valence-corrected chi connectivity index (χ2v) is 5.38. The van der Waals surface area contributed by atoms with Crippen LogP contribution in [0.1, 0.15) is 18.9 Å².